The highest BCUT2D eigenvalue weighted by molar-refractivity contribution is 6.07. The molecule has 294 valence electrons. The normalized spacial score (nSPS) is 12.6. The van der Waals surface area contributed by atoms with Crippen molar-refractivity contribution in [2.75, 3.05) is 0 Å². The summed E-state index contributed by atoms with van der Waals surface area (Å²) in [5, 5.41) is 4.67. The molecule has 0 radical (unpaired) electrons. The Morgan fingerprint density at radius 3 is 1.21 bits per heavy atom. The molecule has 0 bridgehead atoms. The van der Waals surface area contributed by atoms with Crippen LogP contribution in [0.15, 0.2) is 243 Å². The topological polar surface area (TPSA) is 25.8 Å². The molecule has 2 heteroatoms. The maximum Gasteiger partial charge on any atom is 0.160 e. The molecule has 0 amide bonds. The predicted molar refractivity (Wildman–Crippen MR) is 262 cm³/mol. The Morgan fingerprint density at radius 1 is 0.254 bits per heavy atom. The van der Waals surface area contributed by atoms with Crippen LogP contribution in [0, 0.1) is 0 Å². The third-order valence-electron chi connectivity index (χ3n) is 13.0. The summed E-state index contributed by atoms with van der Waals surface area (Å²) in [7, 11) is 0. The number of aromatic nitrogens is 2. The number of nitrogens with zero attached hydrogens (tertiary/aromatic N) is 2. The molecule has 1 heterocycles. The zero-order chi connectivity index (χ0) is 41.7. The lowest BCUT2D eigenvalue weighted by atomic mass is 9.67. The van der Waals surface area contributed by atoms with E-state index in [2.05, 4.69) is 237 Å². The second-order valence-corrected chi connectivity index (χ2v) is 16.4. The predicted octanol–water partition coefficient (Wildman–Crippen LogP) is 15.5. The van der Waals surface area contributed by atoms with Gasteiger partial charge in [0.15, 0.2) is 5.82 Å². The molecule has 0 saturated carbocycles. The van der Waals surface area contributed by atoms with Crippen LogP contribution >= 0.6 is 0 Å². The third kappa shape index (κ3) is 5.95. The minimum absolute atomic E-state index is 0.477. The summed E-state index contributed by atoms with van der Waals surface area (Å²) in [5.41, 5.74) is 16.9. The van der Waals surface area contributed by atoms with E-state index in [0.29, 0.717) is 5.82 Å². The third-order valence-corrected chi connectivity index (χ3v) is 13.0. The molecule has 12 rings (SSSR count). The van der Waals surface area contributed by atoms with E-state index in [1.54, 1.807) is 0 Å². The Kier molecular flexibility index (Phi) is 8.76. The van der Waals surface area contributed by atoms with E-state index in [0.717, 1.165) is 38.9 Å². The van der Waals surface area contributed by atoms with Gasteiger partial charge in [0.2, 0.25) is 0 Å². The van der Waals surface area contributed by atoms with E-state index >= 15 is 0 Å². The average Bonchev–Trinajstić information content (AvgIpc) is 3.67. The lowest BCUT2D eigenvalue weighted by Crippen LogP contribution is -2.28. The van der Waals surface area contributed by atoms with Gasteiger partial charge >= 0.3 is 0 Å². The van der Waals surface area contributed by atoms with Gasteiger partial charge in [-0.3, -0.25) is 0 Å². The van der Waals surface area contributed by atoms with Crippen molar-refractivity contribution < 1.29 is 0 Å². The van der Waals surface area contributed by atoms with Crippen LogP contribution in [0.1, 0.15) is 22.3 Å². The van der Waals surface area contributed by atoms with Crippen molar-refractivity contribution in [1.29, 1.82) is 0 Å². The van der Waals surface area contributed by atoms with Crippen molar-refractivity contribution in [2.24, 2.45) is 0 Å². The minimum atomic E-state index is -0.477. The molecule has 0 N–H and O–H groups in total. The molecule has 0 unspecified atom stereocenters. The summed E-state index contributed by atoms with van der Waals surface area (Å²) in [6.45, 7) is 0. The Bertz CT molecular complexity index is 3450. The lowest BCUT2D eigenvalue weighted by Gasteiger charge is -2.34. The summed E-state index contributed by atoms with van der Waals surface area (Å²) >= 11 is 0. The molecule has 0 spiro atoms. The van der Waals surface area contributed by atoms with Gasteiger partial charge in [-0.25, -0.2) is 9.97 Å². The molecule has 0 aliphatic heterocycles. The molecular weight excluding hydrogens is 761 g/mol. The molecule has 10 aromatic carbocycles. The van der Waals surface area contributed by atoms with E-state index < -0.39 is 5.41 Å². The van der Waals surface area contributed by atoms with Gasteiger partial charge in [-0.1, -0.05) is 231 Å². The fourth-order valence-electron chi connectivity index (χ4n) is 10.2. The van der Waals surface area contributed by atoms with Crippen LogP contribution < -0.4 is 0 Å². The van der Waals surface area contributed by atoms with Crippen molar-refractivity contribution in [3.63, 3.8) is 0 Å². The molecule has 0 saturated heterocycles. The van der Waals surface area contributed by atoms with Crippen LogP contribution in [0.2, 0.25) is 0 Å². The molecule has 0 fully saturated rings. The first kappa shape index (κ1) is 36.6. The monoisotopic (exact) mass is 800 g/mol. The van der Waals surface area contributed by atoms with E-state index in [4.69, 9.17) is 9.97 Å². The Balaban J connectivity index is 1.05. The van der Waals surface area contributed by atoms with Crippen molar-refractivity contribution in [3.8, 4) is 67.3 Å². The van der Waals surface area contributed by atoms with Gasteiger partial charge in [0.25, 0.3) is 0 Å². The quantitative estimate of drug-likeness (QED) is 0.160. The van der Waals surface area contributed by atoms with Gasteiger partial charge in [0, 0.05) is 16.7 Å². The molecule has 0 atom stereocenters. The first-order valence-corrected chi connectivity index (χ1v) is 21.7. The van der Waals surface area contributed by atoms with Gasteiger partial charge in [-0.05, 0) is 89.3 Å². The van der Waals surface area contributed by atoms with Crippen LogP contribution in [0.25, 0.3) is 88.8 Å². The van der Waals surface area contributed by atoms with Crippen LogP contribution in [0.3, 0.4) is 0 Å². The van der Waals surface area contributed by atoms with Crippen LogP contribution in [0.5, 0.6) is 0 Å². The van der Waals surface area contributed by atoms with Gasteiger partial charge in [-0.2, -0.15) is 0 Å². The number of hydrogen-bond acceptors (Lipinski definition) is 2. The molecule has 11 aromatic rings. The highest BCUT2D eigenvalue weighted by Gasteiger charge is 2.46. The summed E-state index contributed by atoms with van der Waals surface area (Å²) in [6, 6.07) is 87.7. The number of rotatable bonds is 7. The van der Waals surface area contributed by atoms with E-state index in [-0.39, 0.29) is 0 Å². The van der Waals surface area contributed by atoms with Crippen molar-refractivity contribution >= 4 is 21.5 Å². The molecular formula is C61H40N2. The van der Waals surface area contributed by atoms with Crippen LogP contribution in [0.4, 0.5) is 0 Å². The maximum absolute atomic E-state index is 5.34. The Morgan fingerprint density at radius 2 is 0.651 bits per heavy atom. The molecule has 1 aliphatic rings. The van der Waals surface area contributed by atoms with Crippen LogP contribution in [-0.2, 0) is 5.41 Å². The highest BCUT2D eigenvalue weighted by atomic mass is 14.9. The standard InChI is InChI=1S/C61H40N2/c1-5-19-41(20-6-1)46-35-37-54(50-29-15-13-27-48(46)50)58-40-59(63-60(62-58)42-21-7-2-8-22-42)55-38-36-47(49-28-14-16-30-51(49)55)43-33-34-53-52-31-17-18-32-56(52)61(57(53)39-43,44-23-9-3-10-24-44)45-25-11-4-12-26-45/h1-40H. The zero-order valence-electron chi connectivity index (χ0n) is 34.5. The highest BCUT2D eigenvalue weighted by Crippen LogP contribution is 2.57. The van der Waals surface area contributed by atoms with Gasteiger partial charge in [0.05, 0.1) is 16.8 Å². The fourth-order valence-corrected chi connectivity index (χ4v) is 10.2. The Hall–Kier alpha value is -8.20. The maximum atomic E-state index is 5.34. The lowest BCUT2D eigenvalue weighted by molar-refractivity contribution is 0.769. The van der Waals surface area contributed by atoms with E-state index in [1.165, 1.54) is 66.4 Å². The van der Waals surface area contributed by atoms with Gasteiger partial charge in [-0.15, -0.1) is 0 Å². The minimum Gasteiger partial charge on any atom is -0.228 e. The number of benzene rings is 10. The Labute approximate surface area is 367 Å². The first-order valence-electron chi connectivity index (χ1n) is 21.7. The number of fused-ring (bicyclic) bond motifs is 5. The molecule has 63 heavy (non-hydrogen) atoms. The van der Waals surface area contributed by atoms with Gasteiger partial charge in [0.1, 0.15) is 0 Å². The van der Waals surface area contributed by atoms with Crippen molar-refractivity contribution in [1.82, 2.24) is 9.97 Å². The fraction of sp³-hybridized carbons (Fsp3) is 0.0164. The second kappa shape index (κ2) is 15.1. The van der Waals surface area contributed by atoms with Crippen molar-refractivity contribution in [3.05, 3.63) is 265 Å². The summed E-state index contributed by atoms with van der Waals surface area (Å²) < 4.78 is 0. The molecule has 1 aromatic heterocycles. The van der Waals surface area contributed by atoms with E-state index in [9.17, 15) is 0 Å². The SMILES string of the molecule is c1ccc(-c2nc(-c3ccc(-c4ccccc4)c4ccccc34)cc(-c3ccc(-c4ccc5c(c4)C(c4ccccc4)(c4ccccc4)c4ccccc4-5)c4ccccc34)n2)cc1. The first-order chi connectivity index (χ1) is 31.3. The summed E-state index contributed by atoms with van der Waals surface area (Å²) in [5.74, 6) is 0.698. The van der Waals surface area contributed by atoms with Gasteiger partial charge < -0.3 is 0 Å². The second-order valence-electron chi connectivity index (χ2n) is 16.4. The average molecular weight is 801 g/mol. The molecule has 1 aliphatic carbocycles. The smallest absolute Gasteiger partial charge is 0.160 e. The van der Waals surface area contributed by atoms with Crippen LogP contribution in [-0.4, -0.2) is 9.97 Å². The molecule has 2 nitrogen and oxygen atoms in total. The zero-order valence-corrected chi connectivity index (χ0v) is 34.5. The van der Waals surface area contributed by atoms with E-state index in [1.807, 2.05) is 6.07 Å². The summed E-state index contributed by atoms with van der Waals surface area (Å²) in [4.78, 5) is 10.6. The summed E-state index contributed by atoms with van der Waals surface area (Å²) in [6.07, 6.45) is 0. The largest absolute Gasteiger partial charge is 0.228 e. The van der Waals surface area contributed by atoms with Crippen molar-refractivity contribution in [2.45, 2.75) is 5.41 Å². The number of hydrogen-bond donors (Lipinski definition) is 0.